The Morgan fingerprint density at radius 2 is 1.81 bits per heavy atom. The largest absolute Gasteiger partial charge is 0.324 e. The van der Waals surface area contributed by atoms with Gasteiger partial charge in [-0.3, -0.25) is 19.4 Å². The Morgan fingerprint density at radius 1 is 1.03 bits per heavy atom. The number of fused-ring (bicyclic) bond motifs is 1. The number of hydrogen-bond acceptors (Lipinski definition) is 5. The quantitative estimate of drug-likeness (QED) is 0.383. The van der Waals surface area contributed by atoms with Crippen molar-refractivity contribution in [1.29, 1.82) is 0 Å². The van der Waals surface area contributed by atoms with Gasteiger partial charge in [-0.1, -0.05) is 52.5 Å². The number of nitrogens with one attached hydrogen (secondary N) is 4. The maximum absolute atomic E-state index is 12.9. The van der Waals surface area contributed by atoms with Crippen molar-refractivity contribution in [2.24, 2.45) is 0 Å². The van der Waals surface area contributed by atoms with Crippen LogP contribution in [-0.4, -0.2) is 21.8 Å². The summed E-state index contributed by atoms with van der Waals surface area (Å²) >= 11 is 24.1. The number of aromatic amines is 1. The van der Waals surface area contributed by atoms with E-state index in [-0.39, 0.29) is 39.5 Å². The summed E-state index contributed by atoms with van der Waals surface area (Å²) in [5.41, 5.74) is 0.121. The SMILES string of the molecule is O=C1C[C@@H](C(=O)Nc2cccc(Cl)c2Cl)c2c(nc(Nc3ccc(Cl)cc3Cl)[nH]c2=O)N1. The minimum atomic E-state index is -1.08. The number of benzene rings is 2. The molecule has 0 saturated carbocycles. The molecule has 1 aliphatic rings. The third-order valence-corrected chi connectivity index (χ3v) is 6.03. The molecule has 2 amide bonds. The smallest absolute Gasteiger partial charge is 0.258 e. The summed E-state index contributed by atoms with van der Waals surface area (Å²) in [5.74, 6) is -2.16. The van der Waals surface area contributed by atoms with E-state index in [9.17, 15) is 14.4 Å². The van der Waals surface area contributed by atoms with Gasteiger partial charge in [0, 0.05) is 11.4 Å². The van der Waals surface area contributed by atoms with E-state index in [0.717, 1.165) is 0 Å². The Balaban J connectivity index is 1.66. The number of H-pyrrole nitrogens is 1. The van der Waals surface area contributed by atoms with Gasteiger partial charge in [-0.05, 0) is 30.3 Å². The van der Waals surface area contributed by atoms with Crippen LogP contribution in [0.5, 0.6) is 0 Å². The van der Waals surface area contributed by atoms with Gasteiger partial charge < -0.3 is 16.0 Å². The molecule has 0 unspecified atom stereocenters. The number of hydrogen-bond donors (Lipinski definition) is 4. The number of carbonyl (C=O) groups is 2. The lowest BCUT2D eigenvalue weighted by atomic mass is 9.92. The molecule has 0 bridgehead atoms. The fraction of sp³-hybridized carbons (Fsp3) is 0.100. The first-order chi connectivity index (χ1) is 15.2. The number of amides is 2. The summed E-state index contributed by atoms with van der Waals surface area (Å²) in [4.78, 5) is 44.8. The number of rotatable bonds is 4. The lowest BCUT2D eigenvalue weighted by molar-refractivity contribution is -0.123. The second-order valence-corrected chi connectivity index (χ2v) is 8.45. The molecule has 1 aliphatic heterocycles. The van der Waals surface area contributed by atoms with Gasteiger partial charge in [0.05, 0.1) is 37.9 Å². The topological polar surface area (TPSA) is 116 Å². The monoisotopic (exact) mass is 511 g/mol. The van der Waals surface area contributed by atoms with Crippen molar-refractivity contribution in [3.05, 3.63) is 72.4 Å². The molecule has 1 aromatic heterocycles. The highest BCUT2D eigenvalue weighted by Crippen LogP contribution is 2.34. The van der Waals surface area contributed by atoms with Crippen LogP contribution in [-0.2, 0) is 9.59 Å². The highest BCUT2D eigenvalue weighted by Gasteiger charge is 2.35. The van der Waals surface area contributed by atoms with Crippen LogP contribution in [0.4, 0.5) is 23.1 Å². The molecular formula is C20H13Cl4N5O3. The molecule has 4 rings (SSSR count). The van der Waals surface area contributed by atoms with Crippen LogP contribution in [0.15, 0.2) is 41.2 Å². The van der Waals surface area contributed by atoms with E-state index in [1.807, 2.05) is 0 Å². The van der Waals surface area contributed by atoms with E-state index in [4.69, 9.17) is 46.4 Å². The number of carbonyl (C=O) groups excluding carboxylic acids is 2. The molecule has 12 heteroatoms. The Kier molecular flexibility index (Phi) is 6.30. The van der Waals surface area contributed by atoms with Crippen LogP contribution in [0, 0.1) is 0 Å². The van der Waals surface area contributed by atoms with Crippen LogP contribution in [0.25, 0.3) is 0 Å². The van der Waals surface area contributed by atoms with Gasteiger partial charge in [-0.2, -0.15) is 4.98 Å². The average Bonchev–Trinajstić information content (AvgIpc) is 2.72. The summed E-state index contributed by atoms with van der Waals surface area (Å²) in [7, 11) is 0. The maximum Gasteiger partial charge on any atom is 0.258 e. The van der Waals surface area contributed by atoms with Crippen LogP contribution >= 0.6 is 46.4 Å². The van der Waals surface area contributed by atoms with Crippen molar-refractivity contribution in [1.82, 2.24) is 9.97 Å². The molecule has 1 atom stereocenters. The third kappa shape index (κ3) is 4.54. The number of anilines is 4. The maximum atomic E-state index is 12.9. The molecule has 164 valence electrons. The highest BCUT2D eigenvalue weighted by atomic mass is 35.5. The van der Waals surface area contributed by atoms with Crippen LogP contribution < -0.4 is 21.5 Å². The van der Waals surface area contributed by atoms with E-state index in [0.29, 0.717) is 15.7 Å². The van der Waals surface area contributed by atoms with E-state index < -0.39 is 23.3 Å². The van der Waals surface area contributed by atoms with Crippen LogP contribution in [0.1, 0.15) is 17.9 Å². The van der Waals surface area contributed by atoms with Gasteiger partial charge in [0.25, 0.3) is 5.56 Å². The van der Waals surface area contributed by atoms with Gasteiger partial charge in [0.1, 0.15) is 5.82 Å². The minimum Gasteiger partial charge on any atom is -0.324 e. The normalized spacial score (nSPS) is 15.0. The zero-order valence-electron chi connectivity index (χ0n) is 15.9. The highest BCUT2D eigenvalue weighted by molar-refractivity contribution is 6.44. The lowest BCUT2D eigenvalue weighted by Crippen LogP contribution is -2.36. The second-order valence-electron chi connectivity index (χ2n) is 6.82. The summed E-state index contributed by atoms with van der Waals surface area (Å²) in [6, 6.07) is 9.47. The first-order valence-electron chi connectivity index (χ1n) is 9.14. The van der Waals surface area contributed by atoms with Crippen LogP contribution in [0.3, 0.4) is 0 Å². The fourth-order valence-electron chi connectivity index (χ4n) is 3.19. The number of aromatic nitrogens is 2. The first kappa shape index (κ1) is 22.4. The molecule has 0 spiro atoms. The first-order valence-corrected chi connectivity index (χ1v) is 10.6. The Labute approximate surface area is 201 Å². The standard InChI is InChI=1S/C20H13Cl4N5O3/c21-8-4-5-12(11(23)6-8)26-20-28-17-15(19(32)29-20)9(7-14(30)27-17)18(31)25-13-3-1-2-10(22)16(13)24/h1-6,9H,7H2,(H,25,31)(H3,26,27,28,29,30,32)/t9-/m1/s1. The predicted octanol–water partition coefficient (Wildman–Crippen LogP) is 5.19. The van der Waals surface area contributed by atoms with Crippen molar-refractivity contribution in [3.8, 4) is 0 Å². The molecule has 8 nitrogen and oxygen atoms in total. The molecule has 0 fully saturated rings. The third-order valence-electron chi connectivity index (χ3n) is 4.66. The molecule has 2 heterocycles. The van der Waals surface area contributed by atoms with Crippen molar-refractivity contribution in [2.45, 2.75) is 12.3 Å². The lowest BCUT2D eigenvalue weighted by Gasteiger charge is -2.24. The Bertz CT molecular complexity index is 1310. The zero-order valence-corrected chi connectivity index (χ0v) is 19.0. The summed E-state index contributed by atoms with van der Waals surface area (Å²) in [6.07, 6.45) is -0.239. The van der Waals surface area contributed by atoms with E-state index in [1.165, 1.54) is 6.07 Å². The summed E-state index contributed by atoms with van der Waals surface area (Å²) in [5, 5.41) is 9.15. The van der Waals surface area contributed by atoms with E-state index >= 15 is 0 Å². The molecule has 0 saturated heterocycles. The molecular weight excluding hydrogens is 500 g/mol. The number of nitrogens with zero attached hydrogens (tertiary/aromatic N) is 1. The molecule has 3 aromatic rings. The summed E-state index contributed by atoms with van der Waals surface area (Å²) in [6.45, 7) is 0. The van der Waals surface area contributed by atoms with Crippen molar-refractivity contribution in [3.63, 3.8) is 0 Å². The second kappa shape index (κ2) is 8.99. The van der Waals surface area contributed by atoms with Crippen molar-refractivity contribution < 1.29 is 9.59 Å². The number of halogens is 4. The van der Waals surface area contributed by atoms with Gasteiger partial charge in [0.2, 0.25) is 17.8 Å². The minimum absolute atomic E-state index is 0.0213. The molecule has 2 aromatic carbocycles. The fourth-order valence-corrected chi connectivity index (χ4v) is 4.00. The zero-order chi connectivity index (χ0) is 23.0. The van der Waals surface area contributed by atoms with Crippen molar-refractivity contribution in [2.75, 3.05) is 16.0 Å². The van der Waals surface area contributed by atoms with E-state index in [2.05, 4.69) is 25.9 Å². The van der Waals surface area contributed by atoms with Crippen molar-refractivity contribution >= 4 is 81.4 Å². The van der Waals surface area contributed by atoms with Gasteiger partial charge in [-0.25, -0.2) is 0 Å². The van der Waals surface area contributed by atoms with E-state index in [1.54, 1.807) is 30.3 Å². The van der Waals surface area contributed by atoms with Gasteiger partial charge in [-0.15, -0.1) is 0 Å². The molecule has 0 radical (unpaired) electrons. The van der Waals surface area contributed by atoms with Gasteiger partial charge >= 0.3 is 0 Å². The molecule has 4 N–H and O–H groups in total. The van der Waals surface area contributed by atoms with Gasteiger partial charge in [0.15, 0.2) is 0 Å². The Hall–Kier alpha value is -2.78. The predicted molar refractivity (Wildman–Crippen MR) is 126 cm³/mol. The molecule has 32 heavy (non-hydrogen) atoms. The molecule has 0 aliphatic carbocycles. The summed E-state index contributed by atoms with van der Waals surface area (Å²) < 4.78 is 0. The van der Waals surface area contributed by atoms with Crippen LogP contribution in [0.2, 0.25) is 20.1 Å². The average molecular weight is 513 g/mol. The Morgan fingerprint density at radius 3 is 2.56 bits per heavy atom.